The molecule has 1 atom stereocenters. The van der Waals surface area contributed by atoms with Crippen molar-refractivity contribution in [2.45, 2.75) is 18.9 Å². The fourth-order valence-electron chi connectivity index (χ4n) is 2.38. The summed E-state index contributed by atoms with van der Waals surface area (Å²) in [5, 5.41) is 11.3. The maximum Gasteiger partial charge on any atom is 0.338 e. The Hall–Kier alpha value is -2.40. The second-order valence-corrected chi connectivity index (χ2v) is 7.90. The summed E-state index contributed by atoms with van der Waals surface area (Å²) in [6, 6.07) is 7.74. The molecule has 1 saturated heterocycles. The zero-order valence-corrected chi connectivity index (χ0v) is 13.4. The van der Waals surface area contributed by atoms with Crippen LogP contribution in [0, 0.1) is 11.3 Å². The van der Waals surface area contributed by atoms with Gasteiger partial charge in [-0.25, -0.2) is 13.2 Å². The lowest BCUT2D eigenvalue weighted by Gasteiger charge is -2.23. The first-order chi connectivity index (χ1) is 10.7. The fourth-order valence-corrected chi connectivity index (χ4v) is 4.47. The van der Waals surface area contributed by atoms with Crippen molar-refractivity contribution in [3.63, 3.8) is 0 Å². The van der Waals surface area contributed by atoms with Crippen LogP contribution >= 0.6 is 0 Å². The summed E-state index contributed by atoms with van der Waals surface area (Å²) in [5.41, 5.74) is -0.183. The monoisotopic (exact) mass is 336 g/mol. The highest BCUT2D eigenvalue weighted by Gasteiger charge is 2.39. The van der Waals surface area contributed by atoms with Gasteiger partial charge in [-0.1, -0.05) is 0 Å². The minimum Gasteiger partial charge on any atom is -0.452 e. The van der Waals surface area contributed by atoms with E-state index in [4.69, 9.17) is 10.00 Å². The number of nitriles is 1. The van der Waals surface area contributed by atoms with Crippen LogP contribution in [-0.2, 0) is 19.4 Å². The molecule has 1 aromatic rings. The van der Waals surface area contributed by atoms with Crippen LogP contribution in [0.3, 0.4) is 0 Å². The van der Waals surface area contributed by atoms with E-state index >= 15 is 0 Å². The van der Waals surface area contributed by atoms with E-state index in [0.717, 1.165) is 0 Å². The largest absolute Gasteiger partial charge is 0.452 e. The van der Waals surface area contributed by atoms with Crippen LogP contribution in [0.25, 0.3) is 0 Å². The molecule has 0 aliphatic carbocycles. The van der Waals surface area contributed by atoms with E-state index in [1.54, 1.807) is 6.92 Å². The Morgan fingerprint density at radius 3 is 2.52 bits per heavy atom. The summed E-state index contributed by atoms with van der Waals surface area (Å²) in [4.78, 5) is 23.6. The number of hydrogen-bond donors (Lipinski definition) is 1. The summed E-state index contributed by atoms with van der Waals surface area (Å²) >= 11 is 0. The van der Waals surface area contributed by atoms with Crippen LogP contribution in [0.15, 0.2) is 24.3 Å². The molecule has 0 unspecified atom stereocenters. The average Bonchev–Trinajstić information content (AvgIpc) is 2.78. The molecule has 0 spiro atoms. The van der Waals surface area contributed by atoms with Gasteiger partial charge in [0.15, 0.2) is 16.4 Å². The molecule has 7 nitrogen and oxygen atoms in total. The summed E-state index contributed by atoms with van der Waals surface area (Å²) in [5.74, 6) is -1.31. The molecule has 0 radical (unpaired) electrons. The number of carbonyl (C=O) groups excluding carboxylic acids is 2. The van der Waals surface area contributed by atoms with Crippen molar-refractivity contribution in [2.75, 3.05) is 18.1 Å². The highest BCUT2D eigenvalue weighted by molar-refractivity contribution is 7.91. The first-order valence-corrected chi connectivity index (χ1v) is 8.74. The van der Waals surface area contributed by atoms with Crippen LogP contribution in [0.4, 0.5) is 0 Å². The zero-order valence-electron chi connectivity index (χ0n) is 12.5. The van der Waals surface area contributed by atoms with Crippen LogP contribution in [-0.4, -0.2) is 43.9 Å². The smallest absolute Gasteiger partial charge is 0.338 e. The maximum absolute atomic E-state index is 11.8. The molecule has 0 aromatic heterocycles. The molecule has 0 bridgehead atoms. The fraction of sp³-hybridized carbons (Fsp3) is 0.400. The first kappa shape index (κ1) is 17.0. The third kappa shape index (κ3) is 4.53. The third-order valence-corrected chi connectivity index (χ3v) is 5.43. The van der Waals surface area contributed by atoms with E-state index in [1.165, 1.54) is 24.3 Å². The molecule has 1 fully saturated rings. The Morgan fingerprint density at radius 2 is 2.00 bits per heavy atom. The Balaban J connectivity index is 1.86. The number of rotatable bonds is 4. The van der Waals surface area contributed by atoms with E-state index in [2.05, 4.69) is 5.32 Å². The van der Waals surface area contributed by atoms with E-state index in [0.29, 0.717) is 12.0 Å². The van der Waals surface area contributed by atoms with Gasteiger partial charge in [-0.3, -0.25) is 4.79 Å². The van der Waals surface area contributed by atoms with E-state index < -0.39 is 33.9 Å². The number of amides is 1. The predicted molar refractivity (Wildman–Crippen MR) is 81.3 cm³/mol. The lowest BCUT2D eigenvalue weighted by Crippen LogP contribution is -2.48. The molecule has 1 N–H and O–H groups in total. The summed E-state index contributed by atoms with van der Waals surface area (Å²) in [6.07, 6.45) is 0.338. The van der Waals surface area contributed by atoms with Gasteiger partial charge in [-0.15, -0.1) is 0 Å². The maximum atomic E-state index is 11.8. The average molecular weight is 336 g/mol. The lowest BCUT2D eigenvalue weighted by atomic mass is 10.0. The SMILES string of the molecule is C[C@@]1(NC(=O)COC(=O)c2ccc(C#N)cc2)CCS(=O)(=O)C1. The Bertz CT molecular complexity index is 764. The van der Waals surface area contributed by atoms with Crippen LogP contribution in [0.5, 0.6) is 0 Å². The van der Waals surface area contributed by atoms with Crippen molar-refractivity contribution in [1.29, 1.82) is 5.26 Å². The second-order valence-electron chi connectivity index (χ2n) is 5.72. The molecule has 1 amide bonds. The summed E-state index contributed by atoms with van der Waals surface area (Å²) in [7, 11) is -3.13. The van der Waals surface area contributed by atoms with Crippen molar-refractivity contribution in [2.24, 2.45) is 0 Å². The van der Waals surface area contributed by atoms with E-state index in [1.807, 2.05) is 6.07 Å². The number of nitrogens with one attached hydrogen (secondary N) is 1. The molecule has 0 saturated carbocycles. The Labute approximate surface area is 134 Å². The van der Waals surface area contributed by atoms with Gasteiger partial charge in [-0.2, -0.15) is 5.26 Å². The number of nitrogens with zero attached hydrogens (tertiary/aromatic N) is 1. The number of benzene rings is 1. The van der Waals surface area contributed by atoms with E-state index in [-0.39, 0.29) is 17.1 Å². The van der Waals surface area contributed by atoms with Crippen LogP contribution < -0.4 is 5.32 Å². The zero-order chi connectivity index (χ0) is 17.1. The molecular formula is C15H16N2O5S. The number of hydrogen-bond acceptors (Lipinski definition) is 6. The molecule has 1 heterocycles. The van der Waals surface area contributed by atoms with Gasteiger partial charge < -0.3 is 10.1 Å². The number of esters is 1. The molecule has 1 aliphatic heterocycles. The summed E-state index contributed by atoms with van der Waals surface area (Å²) < 4.78 is 27.8. The molecular weight excluding hydrogens is 320 g/mol. The Kier molecular flexibility index (Phi) is 4.71. The van der Waals surface area contributed by atoms with Crippen LogP contribution in [0.1, 0.15) is 29.3 Å². The van der Waals surface area contributed by atoms with Gasteiger partial charge in [0.1, 0.15) is 0 Å². The molecule has 2 rings (SSSR count). The molecule has 8 heteroatoms. The minimum absolute atomic E-state index is 0.0365. The van der Waals surface area contributed by atoms with Crippen molar-refractivity contribution in [3.05, 3.63) is 35.4 Å². The third-order valence-electron chi connectivity index (χ3n) is 3.53. The number of ether oxygens (including phenoxy) is 1. The minimum atomic E-state index is -3.13. The predicted octanol–water partition coefficient (Wildman–Crippen LogP) is 0.408. The highest BCUT2D eigenvalue weighted by Crippen LogP contribution is 2.22. The quantitative estimate of drug-likeness (QED) is 0.797. The molecule has 1 aromatic carbocycles. The van der Waals surface area contributed by atoms with Crippen molar-refractivity contribution in [3.8, 4) is 6.07 Å². The van der Waals surface area contributed by atoms with Crippen molar-refractivity contribution in [1.82, 2.24) is 5.32 Å². The first-order valence-electron chi connectivity index (χ1n) is 6.92. The molecule has 23 heavy (non-hydrogen) atoms. The van der Waals surface area contributed by atoms with Gasteiger partial charge in [0.05, 0.1) is 34.2 Å². The van der Waals surface area contributed by atoms with Gasteiger partial charge >= 0.3 is 5.97 Å². The van der Waals surface area contributed by atoms with Gasteiger partial charge in [0, 0.05) is 0 Å². The Morgan fingerprint density at radius 1 is 1.35 bits per heavy atom. The van der Waals surface area contributed by atoms with Gasteiger partial charge in [-0.05, 0) is 37.6 Å². The van der Waals surface area contributed by atoms with Gasteiger partial charge in [0.2, 0.25) is 0 Å². The molecule has 1 aliphatic rings. The number of carbonyl (C=O) groups is 2. The van der Waals surface area contributed by atoms with Crippen molar-refractivity contribution < 1.29 is 22.7 Å². The van der Waals surface area contributed by atoms with Crippen molar-refractivity contribution >= 4 is 21.7 Å². The second kappa shape index (κ2) is 6.38. The van der Waals surface area contributed by atoms with E-state index in [9.17, 15) is 18.0 Å². The standard InChI is InChI=1S/C15H16N2O5S/c1-15(6-7-23(20,21)10-15)17-13(18)9-22-14(19)12-4-2-11(8-16)3-5-12/h2-5H,6-7,9-10H2,1H3,(H,17,18)/t15-/m1/s1. The summed E-state index contributed by atoms with van der Waals surface area (Å²) in [6.45, 7) is 1.16. The highest BCUT2D eigenvalue weighted by atomic mass is 32.2. The number of sulfone groups is 1. The van der Waals surface area contributed by atoms with Gasteiger partial charge in [0.25, 0.3) is 5.91 Å². The normalized spacial score (nSPS) is 22.1. The topological polar surface area (TPSA) is 113 Å². The lowest BCUT2D eigenvalue weighted by molar-refractivity contribution is -0.125. The molecule has 122 valence electrons. The van der Waals surface area contributed by atoms with Crippen LogP contribution in [0.2, 0.25) is 0 Å².